The minimum absolute atomic E-state index is 0.0567. The van der Waals surface area contributed by atoms with Crippen LogP contribution in [-0.4, -0.2) is 22.1 Å². The zero-order chi connectivity index (χ0) is 21.5. The van der Waals surface area contributed by atoms with Gasteiger partial charge in [-0.05, 0) is 55.5 Å². The van der Waals surface area contributed by atoms with Gasteiger partial charge < -0.3 is 14.6 Å². The van der Waals surface area contributed by atoms with Crippen molar-refractivity contribution in [1.29, 1.82) is 0 Å². The Hall–Kier alpha value is -2.82. The van der Waals surface area contributed by atoms with Gasteiger partial charge in [0.2, 0.25) is 5.91 Å². The number of nitrogens with zero attached hydrogens (tertiary/aromatic N) is 2. The molecule has 0 saturated heterocycles. The first-order chi connectivity index (χ1) is 14.5. The number of hydrogen-bond donors (Lipinski definition) is 1. The molecule has 1 heterocycles. The molecule has 5 nitrogen and oxygen atoms in total. The molecule has 1 N–H and O–H groups in total. The van der Waals surface area contributed by atoms with Gasteiger partial charge in [0.05, 0.1) is 23.6 Å². The lowest BCUT2D eigenvalue weighted by Crippen LogP contribution is -2.28. The highest BCUT2D eigenvalue weighted by Gasteiger charge is 2.18. The van der Waals surface area contributed by atoms with E-state index in [1.807, 2.05) is 44.2 Å². The number of hydrogen-bond acceptors (Lipinski definition) is 3. The maximum absolute atomic E-state index is 12.1. The van der Waals surface area contributed by atoms with Crippen LogP contribution in [-0.2, 0) is 11.3 Å². The van der Waals surface area contributed by atoms with Crippen molar-refractivity contribution in [2.45, 2.75) is 65.5 Å². The summed E-state index contributed by atoms with van der Waals surface area (Å²) in [5, 5.41) is 3.07. The fourth-order valence-corrected chi connectivity index (χ4v) is 3.65. The highest BCUT2D eigenvalue weighted by atomic mass is 16.5. The second kappa shape index (κ2) is 10.3. The molecule has 0 radical (unpaired) electrons. The zero-order valence-electron chi connectivity index (χ0n) is 18.5. The van der Waals surface area contributed by atoms with Gasteiger partial charge in [0.25, 0.3) is 0 Å². The maximum Gasteiger partial charge on any atom is 0.220 e. The number of carbonyl (C=O) groups excluding carboxylic acids is 1. The molecule has 5 heteroatoms. The molecule has 1 aromatic heterocycles. The quantitative estimate of drug-likeness (QED) is 0.475. The first kappa shape index (κ1) is 21.9. The lowest BCUT2D eigenvalue weighted by molar-refractivity contribution is -0.121. The third kappa shape index (κ3) is 5.21. The summed E-state index contributed by atoms with van der Waals surface area (Å²) in [5.41, 5.74) is 3.33. The third-order valence-electron chi connectivity index (χ3n) is 5.57. The molecule has 2 aromatic carbocycles. The van der Waals surface area contributed by atoms with E-state index in [1.54, 1.807) is 0 Å². The Morgan fingerprint density at radius 2 is 1.83 bits per heavy atom. The summed E-state index contributed by atoms with van der Waals surface area (Å²) in [6, 6.07) is 16.3. The molecule has 0 saturated carbocycles. The van der Waals surface area contributed by atoms with E-state index in [0.29, 0.717) is 25.5 Å². The van der Waals surface area contributed by atoms with Crippen molar-refractivity contribution in [3.8, 4) is 5.75 Å². The molecule has 160 valence electrons. The van der Waals surface area contributed by atoms with Crippen LogP contribution in [0.4, 0.5) is 0 Å². The molecule has 0 aliphatic rings. The van der Waals surface area contributed by atoms with E-state index in [1.165, 1.54) is 5.56 Å². The Labute approximate surface area is 179 Å². The molecule has 0 bridgehead atoms. The van der Waals surface area contributed by atoms with Gasteiger partial charge in [-0.25, -0.2) is 4.98 Å². The monoisotopic (exact) mass is 407 g/mol. The van der Waals surface area contributed by atoms with Gasteiger partial charge in [-0.2, -0.15) is 0 Å². The van der Waals surface area contributed by atoms with Crippen LogP contribution in [0.5, 0.6) is 5.75 Å². The smallest absolute Gasteiger partial charge is 0.220 e. The van der Waals surface area contributed by atoms with Crippen LogP contribution in [0.25, 0.3) is 11.0 Å². The minimum atomic E-state index is -0.161. The summed E-state index contributed by atoms with van der Waals surface area (Å²) in [5.74, 6) is 2.35. The summed E-state index contributed by atoms with van der Waals surface area (Å²) in [6.45, 7) is 9.63. The average Bonchev–Trinajstić information content (AvgIpc) is 3.13. The molecule has 1 amide bonds. The van der Waals surface area contributed by atoms with E-state index in [2.05, 4.69) is 41.9 Å². The van der Waals surface area contributed by atoms with Gasteiger partial charge >= 0.3 is 0 Å². The third-order valence-corrected chi connectivity index (χ3v) is 5.57. The van der Waals surface area contributed by atoms with Gasteiger partial charge in [-0.3, -0.25) is 4.79 Å². The van der Waals surface area contributed by atoms with Crippen molar-refractivity contribution in [3.05, 3.63) is 59.9 Å². The molecule has 30 heavy (non-hydrogen) atoms. The van der Waals surface area contributed by atoms with E-state index in [9.17, 15) is 4.79 Å². The van der Waals surface area contributed by atoms with Crippen molar-refractivity contribution in [2.24, 2.45) is 0 Å². The Morgan fingerprint density at radius 3 is 2.53 bits per heavy atom. The Bertz CT molecular complexity index is 962. The van der Waals surface area contributed by atoms with Gasteiger partial charge in [0.15, 0.2) is 0 Å². The number of fused-ring (bicyclic) bond motifs is 1. The lowest BCUT2D eigenvalue weighted by atomic mass is 9.99. The van der Waals surface area contributed by atoms with Gasteiger partial charge in [-0.1, -0.05) is 45.0 Å². The summed E-state index contributed by atoms with van der Waals surface area (Å²) in [7, 11) is 0. The van der Waals surface area contributed by atoms with E-state index < -0.39 is 0 Å². The van der Waals surface area contributed by atoms with Crippen molar-refractivity contribution >= 4 is 16.9 Å². The Balaban J connectivity index is 1.72. The number of aromatic nitrogens is 2. The summed E-state index contributed by atoms with van der Waals surface area (Å²) in [4.78, 5) is 16.9. The Morgan fingerprint density at radius 1 is 1.10 bits per heavy atom. The predicted octanol–water partition coefficient (Wildman–Crippen LogP) is 5.61. The highest BCUT2D eigenvalue weighted by Crippen LogP contribution is 2.23. The minimum Gasteiger partial charge on any atom is -0.492 e. The predicted molar refractivity (Wildman–Crippen MR) is 122 cm³/mol. The molecule has 0 aliphatic carbocycles. The number of nitrogens with one attached hydrogen (secondary N) is 1. The lowest BCUT2D eigenvalue weighted by Gasteiger charge is -2.17. The largest absolute Gasteiger partial charge is 0.492 e. The van der Waals surface area contributed by atoms with Crippen LogP contribution in [0.3, 0.4) is 0 Å². The SMILES string of the molecule is CCCC(=O)NC(C)c1nc2ccccc2n1CCOc1ccc(C(C)CC)cc1. The molecule has 0 spiro atoms. The zero-order valence-corrected chi connectivity index (χ0v) is 18.5. The maximum atomic E-state index is 12.1. The molecule has 3 aromatic rings. The average molecular weight is 408 g/mol. The van der Waals surface area contributed by atoms with Crippen molar-refractivity contribution in [2.75, 3.05) is 6.61 Å². The summed E-state index contributed by atoms with van der Waals surface area (Å²) < 4.78 is 8.17. The van der Waals surface area contributed by atoms with Crippen LogP contribution in [0.2, 0.25) is 0 Å². The molecule has 2 atom stereocenters. The molecule has 0 aliphatic heterocycles. The van der Waals surface area contributed by atoms with E-state index in [4.69, 9.17) is 9.72 Å². The van der Waals surface area contributed by atoms with Crippen LogP contribution < -0.4 is 10.1 Å². The van der Waals surface area contributed by atoms with E-state index >= 15 is 0 Å². The number of rotatable bonds is 10. The normalized spacial score (nSPS) is 13.2. The summed E-state index contributed by atoms with van der Waals surface area (Å²) >= 11 is 0. The van der Waals surface area contributed by atoms with E-state index in [-0.39, 0.29) is 11.9 Å². The van der Waals surface area contributed by atoms with Crippen molar-refractivity contribution in [1.82, 2.24) is 14.9 Å². The molecule has 3 rings (SSSR count). The fraction of sp³-hybridized carbons (Fsp3) is 0.440. The standard InChI is InChI=1S/C25H33N3O2/c1-5-9-24(29)26-19(4)25-27-22-10-7-8-11-23(22)28(25)16-17-30-21-14-12-20(13-15-21)18(3)6-2/h7-8,10-15,18-19H,5-6,9,16-17H2,1-4H3,(H,26,29). The number of para-hydroxylation sites is 2. The topological polar surface area (TPSA) is 56.2 Å². The van der Waals surface area contributed by atoms with Gasteiger partial charge in [-0.15, -0.1) is 0 Å². The molecule has 0 fully saturated rings. The number of carbonyl (C=O) groups is 1. The van der Waals surface area contributed by atoms with E-state index in [0.717, 1.165) is 35.4 Å². The Kier molecular flexibility index (Phi) is 7.50. The van der Waals surface area contributed by atoms with Crippen LogP contribution in [0, 0.1) is 0 Å². The van der Waals surface area contributed by atoms with Crippen molar-refractivity contribution < 1.29 is 9.53 Å². The second-order valence-corrected chi connectivity index (χ2v) is 7.88. The van der Waals surface area contributed by atoms with Crippen LogP contribution in [0.15, 0.2) is 48.5 Å². The van der Waals surface area contributed by atoms with Crippen molar-refractivity contribution in [3.63, 3.8) is 0 Å². The number of amides is 1. The second-order valence-electron chi connectivity index (χ2n) is 7.88. The van der Waals surface area contributed by atoms with Crippen LogP contribution in [0.1, 0.15) is 70.3 Å². The number of imidazole rings is 1. The molecular formula is C25H33N3O2. The first-order valence-electron chi connectivity index (χ1n) is 11.0. The first-order valence-corrected chi connectivity index (χ1v) is 11.0. The van der Waals surface area contributed by atoms with Crippen LogP contribution >= 0.6 is 0 Å². The fourth-order valence-electron chi connectivity index (χ4n) is 3.65. The molecule has 2 unspecified atom stereocenters. The number of ether oxygens (including phenoxy) is 1. The highest BCUT2D eigenvalue weighted by molar-refractivity contribution is 5.78. The summed E-state index contributed by atoms with van der Waals surface area (Å²) in [6.07, 6.45) is 2.49. The number of benzene rings is 2. The van der Waals surface area contributed by atoms with Gasteiger partial charge in [0, 0.05) is 6.42 Å². The van der Waals surface area contributed by atoms with Gasteiger partial charge in [0.1, 0.15) is 18.2 Å². The molecular weight excluding hydrogens is 374 g/mol.